The minimum absolute atomic E-state index is 0.0357. The largest absolute Gasteiger partial charge is 0.491 e. The average molecular weight is 306 g/mol. The molecule has 0 bridgehead atoms. The summed E-state index contributed by atoms with van der Waals surface area (Å²) in [7, 11) is 0. The molecule has 1 aromatic rings. The van der Waals surface area contributed by atoms with Gasteiger partial charge in [0.1, 0.15) is 17.6 Å². The first-order valence-electron chi connectivity index (χ1n) is 8.50. The average Bonchev–Trinajstić information content (AvgIpc) is 2.77. The van der Waals surface area contributed by atoms with Gasteiger partial charge in [0.05, 0.1) is 11.7 Å². The van der Waals surface area contributed by atoms with Crippen molar-refractivity contribution in [3.63, 3.8) is 0 Å². The predicted octanol–water partition coefficient (Wildman–Crippen LogP) is 4.76. The van der Waals surface area contributed by atoms with Crippen molar-refractivity contribution >= 4 is 0 Å². The van der Waals surface area contributed by atoms with Crippen molar-refractivity contribution in [2.75, 3.05) is 6.61 Å². The van der Waals surface area contributed by atoms with Crippen LogP contribution >= 0.6 is 0 Å². The number of rotatable bonds is 8. The molecule has 0 saturated carbocycles. The second kappa shape index (κ2) is 7.36. The summed E-state index contributed by atoms with van der Waals surface area (Å²) in [5, 5.41) is 0. The first kappa shape index (κ1) is 17.1. The SMILES string of the molecule is CCOC(C)(C)CCCC(C)Oc1ccc2c(c1)OC(C)C2. The molecule has 0 spiro atoms. The quantitative estimate of drug-likeness (QED) is 0.693. The zero-order chi connectivity index (χ0) is 16.2. The molecule has 2 unspecified atom stereocenters. The van der Waals surface area contributed by atoms with Crippen LogP contribution in [-0.2, 0) is 11.2 Å². The van der Waals surface area contributed by atoms with Gasteiger partial charge in [0.25, 0.3) is 0 Å². The highest BCUT2D eigenvalue weighted by molar-refractivity contribution is 5.43. The first-order valence-corrected chi connectivity index (χ1v) is 8.50. The monoisotopic (exact) mass is 306 g/mol. The summed E-state index contributed by atoms with van der Waals surface area (Å²) in [5.74, 6) is 1.89. The molecule has 124 valence electrons. The Hall–Kier alpha value is -1.22. The Morgan fingerprint density at radius 2 is 2.14 bits per heavy atom. The molecule has 3 nitrogen and oxygen atoms in total. The highest BCUT2D eigenvalue weighted by Gasteiger charge is 2.20. The summed E-state index contributed by atoms with van der Waals surface area (Å²) in [5.41, 5.74) is 1.25. The van der Waals surface area contributed by atoms with Gasteiger partial charge in [-0.05, 0) is 65.5 Å². The third-order valence-corrected chi connectivity index (χ3v) is 4.14. The van der Waals surface area contributed by atoms with Crippen molar-refractivity contribution in [2.24, 2.45) is 0 Å². The molecule has 0 fully saturated rings. The zero-order valence-corrected chi connectivity index (χ0v) is 14.6. The minimum atomic E-state index is -0.0357. The maximum Gasteiger partial charge on any atom is 0.126 e. The van der Waals surface area contributed by atoms with Crippen LogP contribution < -0.4 is 9.47 Å². The zero-order valence-electron chi connectivity index (χ0n) is 14.6. The van der Waals surface area contributed by atoms with Gasteiger partial charge in [-0.1, -0.05) is 6.07 Å². The number of ether oxygens (including phenoxy) is 3. The van der Waals surface area contributed by atoms with E-state index in [1.165, 1.54) is 5.56 Å². The molecule has 22 heavy (non-hydrogen) atoms. The van der Waals surface area contributed by atoms with E-state index in [9.17, 15) is 0 Å². The number of hydrogen-bond donors (Lipinski definition) is 0. The van der Waals surface area contributed by atoms with Crippen LogP contribution in [0, 0.1) is 0 Å². The molecule has 2 rings (SSSR count). The van der Waals surface area contributed by atoms with Gasteiger partial charge in [-0.15, -0.1) is 0 Å². The maximum absolute atomic E-state index is 6.03. The summed E-state index contributed by atoms with van der Waals surface area (Å²) < 4.78 is 17.5. The smallest absolute Gasteiger partial charge is 0.126 e. The third kappa shape index (κ3) is 4.91. The van der Waals surface area contributed by atoms with Crippen molar-refractivity contribution in [1.29, 1.82) is 0 Å². The molecule has 0 saturated heterocycles. The molecule has 0 aromatic heterocycles. The standard InChI is InChI=1S/C19H30O3/c1-6-20-19(4,5)11-7-8-14(2)21-17-10-9-16-12-15(3)22-18(16)13-17/h9-10,13-15H,6-8,11-12H2,1-5H3. The van der Waals surface area contributed by atoms with Crippen LogP contribution in [-0.4, -0.2) is 24.4 Å². The van der Waals surface area contributed by atoms with Crippen molar-refractivity contribution < 1.29 is 14.2 Å². The third-order valence-electron chi connectivity index (χ3n) is 4.14. The van der Waals surface area contributed by atoms with Crippen LogP contribution in [0.15, 0.2) is 18.2 Å². The van der Waals surface area contributed by atoms with Gasteiger partial charge in [-0.25, -0.2) is 0 Å². The van der Waals surface area contributed by atoms with Gasteiger partial charge in [-0.2, -0.15) is 0 Å². The Morgan fingerprint density at radius 3 is 2.86 bits per heavy atom. The van der Waals surface area contributed by atoms with Crippen LogP contribution in [0.3, 0.4) is 0 Å². The summed E-state index contributed by atoms with van der Waals surface area (Å²) >= 11 is 0. The molecule has 0 aliphatic carbocycles. The molecule has 1 aromatic carbocycles. The molecule has 0 radical (unpaired) electrons. The molecule has 0 N–H and O–H groups in total. The second-order valence-electron chi connectivity index (χ2n) is 6.92. The molecular weight excluding hydrogens is 276 g/mol. The van der Waals surface area contributed by atoms with Crippen LogP contribution in [0.5, 0.6) is 11.5 Å². The minimum Gasteiger partial charge on any atom is -0.491 e. The van der Waals surface area contributed by atoms with Gasteiger partial charge < -0.3 is 14.2 Å². The van der Waals surface area contributed by atoms with E-state index in [1.807, 2.05) is 13.0 Å². The Bertz CT molecular complexity index is 482. The summed E-state index contributed by atoms with van der Waals surface area (Å²) in [4.78, 5) is 0. The molecule has 1 aliphatic heterocycles. The van der Waals surface area contributed by atoms with E-state index in [2.05, 4.69) is 39.8 Å². The Kier molecular flexibility index (Phi) is 5.74. The van der Waals surface area contributed by atoms with E-state index < -0.39 is 0 Å². The fourth-order valence-electron chi connectivity index (χ4n) is 3.02. The summed E-state index contributed by atoms with van der Waals surface area (Å²) in [6, 6.07) is 6.21. The van der Waals surface area contributed by atoms with E-state index in [0.717, 1.165) is 43.8 Å². The second-order valence-corrected chi connectivity index (χ2v) is 6.92. The Labute approximate surface area is 135 Å². The number of benzene rings is 1. The van der Waals surface area contributed by atoms with Gasteiger partial charge in [0.15, 0.2) is 0 Å². The lowest BCUT2D eigenvalue weighted by Crippen LogP contribution is -2.25. The van der Waals surface area contributed by atoms with Gasteiger partial charge in [0.2, 0.25) is 0 Å². The van der Waals surface area contributed by atoms with E-state index in [1.54, 1.807) is 0 Å². The number of fused-ring (bicyclic) bond motifs is 1. The predicted molar refractivity (Wildman–Crippen MR) is 89.9 cm³/mol. The molecule has 0 amide bonds. The van der Waals surface area contributed by atoms with Crippen LogP contribution in [0.4, 0.5) is 0 Å². The lowest BCUT2D eigenvalue weighted by atomic mass is 10.00. The molecule has 1 aliphatic rings. The molecule has 1 heterocycles. The van der Waals surface area contributed by atoms with Gasteiger partial charge in [0, 0.05) is 19.1 Å². The van der Waals surface area contributed by atoms with Crippen molar-refractivity contribution in [3.05, 3.63) is 23.8 Å². The van der Waals surface area contributed by atoms with Crippen LogP contribution in [0.25, 0.3) is 0 Å². The summed E-state index contributed by atoms with van der Waals surface area (Å²) in [6.45, 7) is 11.4. The van der Waals surface area contributed by atoms with E-state index in [4.69, 9.17) is 14.2 Å². The topological polar surface area (TPSA) is 27.7 Å². The van der Waals surface area contributed by atoms with Gasteiger partial charge in [-0.3, -0.25) is 0 Å². The lowest BCUT2D eigenvalue weighted by molar-refractivity contribution is -0.0190. The van der Waals surface area contributed by atoms with Crippen molar-refractivity contribution in [1.82, 2.24) is 0 Å². The molecule has 3 heteroatoms. The Balaban J connectivity index is 1.78. The Morgan fingerprint density at radius 1 is 1.36 bits per heavy atom. The van der Waals surface area contributed by atoms with Gasteiger partial charge >= 0.3 is 0 Å². The van der Waals surface area contributed by atoms with Crippen molar-refractivity contribution in [2.45, 2.75) is 78.1 Å². The number of hydrogen-bond acceptors (Lipinski definition) is 3. The highest BCUT2D eigenvalue weighted by atomic mass is 16.5. The highest BCUT2D eigenvalue weighted by Crippen LogP contribution is 2.32. The van der Waals surface area contributed by atoms with E-state index >= 15 is 0 Å². The van der Waals surface area contributed by atoms with Crippen LogP contribution in [0.1, 0.15) is 59.4 Å². The fraction of sp³-hybridized carbons (Fsp3) is 0.684. The first-order chi connectivity index (χ1) is 10.4. The summed E-state index contributed by atoms with van der Waals surface area (Å²) in [6.07, 6.45) is 4.67. The lowest BCUT2D eigenvalue weighted by Gasteiger charge is -2.25. The fourth-order valence-corrected chi connectivity index (χ4v) is 3.02. The normalized spacial score (nSPS) is 18.7. The maximum atomic E-state index is 6.03. The van der Waals surface area contributed by atoms with E-state index in [-0.39, 0.29) is 17.8 Å². The van der Waals surface area contributed by atoms with E-state index in [0.29, 0.717) is 0 Å². The van der Waals surface area contributed by atoms with Crippen molar-refractivity contribution in [3.8, 4) is 11.5 Å². The molecule has 2 atom stereocenters. The molecular formula is C19H30O3. The van der Waals surface area contributed by atoms with Crippen LogP contribution in [0.2, 0.25) is 0 Å².